The predicted molar refractivity (Wildman–Crippen MR) is 105 cm³/mol. The van der Waals surface area contributed by atoms with Gasteiger partial charge in [-0.05, 0) is 55.8 Å². The van der Waals surface area contributed by atoms with Gasteiger partial charge in [0.2, 0.25) is 5.89 Å². The number of amides is 1. The van der Waals surface area contributed by atoms with Gasteiger partial charge in [-0.25, -0.2) is 8.42 Å². The topological polar surface area (TPSA) is 126 Å². The van der Waals surface area contributed by atoms with Crippen LogP contribution in [0.25, 0.3) is 0 Å². The Labute approximate surface area is 168 Å². The molecule has 1 N–H and O–H groups in total. The molecule has 0 unspecified atom stereocenters. The van der Waals surface area contributed by atoms with Crippen molar-refractivity contribution in [3.8, 4) is 6.07 Å². The van der Waals surface area contributed by atoms with Crippen molar-refractivity contribution < 1.29 is 17.6 Å². The number of carbonyl (C=O) groups excluding carboxylic acids is 1. The van der Waals surface area contributed by atoms with Crippen molar-refractivity contribution in [3.05, 3.63) is 71.1 Å². The summed E-state index contributed by atoms with van der Waals surface area (Å²) in [5, 5.41) is 18.5. The third-order valence-corrected chi connectivity index (χ3v) is 6.36. The lowest BCUT2D eigenvalue weighted by Gasteiger charge is -2.08. The van der Waals surface area contributed by atoms with Gasteiger partial charge in [-0.15, -0.1) is 5.10 Å². The highest BCUT2D eigenvalue weighted by molar-refractivity contribution is 7.92. The number of rotatable bonds is 6. The van der Waals surface area contributed by atoms with E-state index in [1.807, 2.05) is 6.07 Å². The molecule has 0 aliphatic carbocycles. The number of nitrogens with zero attached hydrogens (tertiary/aromatic N) is 3. The summed E-state index contributed by atoms with van der Waals surface area (Å²) < 4.78 is 29.8. The second-order valence-electron chi connectivity index (χ2n) is 6.56. The van der Waals surface area contributed by atoms with Crippen molar-refractivity contribution in [1.82, 2.24) is 10.2 Å². The lowest BCUT2D eigenvalue weighted by atomic mass is 10.1. The minimum atomic E-state index is -3.32. The standard InChI is InChI=1S/C20H18N4O4S/c1-13(2)29(26,27)17-9-5-14(6-10-17)11-18-23-24-20(28-18)22-19(25)16-7-3-15(12-21)4-8-16/h3-10,13H,11H2,1-2H3,(H,22,24,25). The van der Waals surface area contributed by atoms with E-state index in [0.717, 1.165) is 5.56 Å². The summed E-state index contributed by atoms with van der Waals surface area (Å²) in [4.78, 5) is 12.5. The van der Waals surface area contributed by atoms with Gasteiger partial charge in [-0.1, -0.05) is 17.2 Å². The minimum absolute atomic E-state index is 0.0478. The molecule has 1 aromatic heterocycles. The highest BCUT2D eigenvalue weighted by atomic mass is 32.2. The van der Waals surface area contributed by atoms with Gasteiger partial charge in [-0.2, -0.15) is 5.26 Å². The summed E-state index contributed by atoms with van der Waals surface area (Å²) in [6.45, 7) is 3.27. The van der Waals surface area contributed by atoms with E-state index in [2.05, 4.69) is 15.5 Å². The molecule has 3 aromatic rings. The molecule has 0 aliphatic heterocycles. The molecular formula is C20H18N4O4S. The number of benzene rings is 2. The maximum atomic E-state index is 12.2. The third-order valence-electron chi connectivity index (χ3n) is 4.19. The first-order valence-electron chi connectivity index (χ1n) is 8.76. The summed E-state index contributed by atoms with van der Waals surface area (Å²) in [7, 11) is -3.32. The summed E-state index contributed by atoms with van der Waals surface area (Å²) >= 11 is 0. The number of hydrogen-bond acceptors (Lipinski definition) is 7. The number of sulfone groups is 1. The molecule has 0 bridgehead atoms. The Morgan fingerprint density at radius 3 is 2.34 bits per heavy atom. The van der Waals surface area contributed by atoms with Gasteiger partial charge in [0.1, 0.15) is 0 Å². The van der Waals surface area contributed by atoms with E-state index in [9.17, 15) is 13.2 Å². The Kier molecular flexibility index (Phi) is 5.75. The molecule has 0 atom stereocenters. The van der Waals surface area contributed by atoms with Gasteiger partial charge in [0.25, 0.3) is 5.91 Å². The molecule has 0 spiro atoms. The Bertz CT molecular complexity index is 1160. The summed E-state index contributed by atoms with van der Waals surface area (Å²) in [6.07, 6.45) is 0.293. The van der Waals surface area contributed by atoms with Crippen molar-refractivity contribution >= 4 is 21.8 Å². The number of aromatic nitrogens is 2. The van der Waals surface area contributed by atoms with Crippen LogP contribution in [0.1, 0.15) is 41.2 Å². The molecule has 0 aliphatic rings. The molecular weight excluding hydrogens is 392 g/mol. The van der Waals surface area contributed by atoms with E-state index in [4.69, 9.17) is 9.68 Å². The Balaban J connectivity index is 1.66. The van der Waals surface area contributed by atoms with Crippen molar-refractivity contribution in [2.24, 2.45) is 0 Å². The van der Waals surface area contributed by atoms with E-state index in [1.165, 1.54) is 24.3 Å². The van der Waals surface area contributed by atoms with Gasteiger partial charge < -0.3 is 4.42 Å². The second-order valence-corrected chi connectivity index (χ2v) is 9.06. The van der Waals surface area contributed by atoms with Crippen LogP contribution in [0.3, 0.4) is 0 Å². The van der Waals surface area contributed by atoms with Crippen LogP contribution >= 0.6 is 0 Å². The SMILES string of the molecule is CC(C)S(=O)(=O)c1ccc(Cc2nnc(NC(=O)c3ccc(C#N)cc3)o2)cc1. The third kappa shape index (κ3) is 4.67. The molecule has 0 saturated heterocycles. The van der Waals surface area contributed by atoms with E-state index < -0.39 is 21.0 Å². The summed E-state index contributed by atoms with van der Waals surface area (Å²) in [5.74, 6) is -0.160. The Morgan fingerprint density at radius 2 is 1.76 bits per heavy atom. The fourth-order valence-corrected chi connectivity index (χ4v) is 3.54. The zero-order valence-electron chi connectivity index (χ0n) is 15.8. The van der Waals surface area contributed by atoms with Crippen molar-refractivity contribution in [3.63, 3.8) is 0 Å². The molecule has 0 fully saturated rings. The van der Waals surface area contributed by atoms with Gasteiger partial charge in [0.15, 0.2) is 9.84 Å². The summed E-state index contributed by atoms with van der Waals surface area (Å²) in [6, 6.07) is 14.5. The Hall–Kier alpha value is -3.51. The molecule has 29 heavy (non-hydrogen) atoms. The maximum absolute atomic E-state index is 12.2. The van der Waals surface area contributed by atoms with Gasteiger partial charge in [-0.3, -0.25) is 10.1 Å². The van der Waals surface area contributed by atoms with E-state index in [0.29, 0.717) is 17.5 Å². The number of hydrogen-bond donors (Lipinski definition) is 1. The highest BCUT2D eigenvalue weighted by Gasteiger charge is 2.19. The lowest BCUT2D eigenvalue weighted by Crippen LogP contribution is -2.13. The first-order valence-corrected chi connectivity index (χ1v) is 10.3. The van der Waals surface area contributed by atoms with Crippen LogP contribution < -0.4 is 5.32 Å². The van der Waals surface area contributed by atoms with Crippen LogP contribution in [0.15, 0.2) is 57.8 Å². The number of nitriles is 1. The van der Waals surface area contributed by atoms with E-state index >= 15 is 0 Å². The molecule has 8 nitrogen and oxygen atoms in total. The first kappa shape index (κ1) is 20.2. The first-order chi connectivity index (χ1) is 13.8. The zero-order chi connectivity index (χ0) is 21.0. The number of nitrogens with one attached hydrogen (secondary N) is 1. The zero-order valence-corrected chi connectivity index (χ0v) is 16.6. The van der Waals surface area contributed by atoms with Gasteiger partial charge >= 0.3 is 6.01 Å². The average molecular weight is 410 g/mol. The molecule has 2 aromatic carbocycles. The normalized spacial score (nSPS) is 11.2. The van der Waals surface area contributed by atoms with Crippen molar-refractivity contribution in [1.29, 1.82) is 5.26 Å². The molecule has 1 heterocycles. The average Bonchev–Trinajstić information content (AvgIpc) is 3.15. The van der Waals surface area contributed by atoms with Crippen LogP contribution in [0.2, 0.25) is 0 Å². The largest absolute Gasteiger partial charge is 0.407 e. The molecule has 9 heteroatoms. The smallest absolute Gasteiger partial charge is 0.322 e. The van der Waals surface area contributed by atoms with Crippen LogP contribution in [-0.4, -0.2) is 29.8 Å². The molecule has 0 saturated carbocycles. The fourth-order valence-electron chi connectivity index (χ4n) is 2.48. The van der Waals surface area contributed by atoms with Crippen LogP contribution in [-0.2, 0) is 16.3 Å². The van der Waals surface area contributed by atoms with E-state index in [1.54, 1.807) is 38.1 Å². The molecule has 148 valence electrons. The minimum Gasteiger partial charge on any atom is -0.407 e. The number of anilines is 1. The fraction of sp³-hybridized carbons (Fsp3) is 0.200. The van der Waals surface area contributed by atoms with E-state index in [-0.39, 0.29) is 16.8 Å². The van der Waals surface area contributed by atoms with Crippen LogP contribution in [0, 0.1) is 11.3 Å². The highest BCUT2D eigenvalue weighted by Crippen LogP contribution is 2.18. The lowest BCUT2D eigenvalue weighted by molar-refractivity contribution is 0.102. The Morgan fingerprint density at radius 1 is 1.10 bits per heavy atom. The number of carbonyl (C=O) groups is 1. The molecule has 3 rings (SSSR count). The van der Waals surface area contributed by atoms with Gasteiger partial charge in [0.05, 0.1) is 28.2 Å². The van der Waals surface area contributed by atoms with Gasteiger partial charge in [0, 0.05) is 5.56 Å². The van der Waals surface area contributed by atoms with Crippen molar-refractivity contribution in [2.45, 2.75) is 30.4 Å². The second kappa shape index (κ2) is 8.24. The van der Waals surface area contributed by atoms with Crippen LogP contribution in [0.5, 0.6) is 0 Å². The monoisotopic (exact) mass is 410 g/mol. The summed E-state index contributed by atoms with van der Waals surface area (Å²) in [5.41, 5.74) is 1.60. The molecule has 0 radical (unpaired) electrons. The molecule has 1 amide bonds. The van der Waals surface area contributed by atoms with Crippen molar-refractivity contribution in [2.75, 3.05) is 5.32 Å². The quantitative estimate of drug-likeness (QED) is 0.662. The maximum Gasteiger partial charge on any atom is 0.322 e. The predicted octanol–water partition coefficient (Wildman–Crippen LogP) is 2.97. The van der Waals surface area contributed by atoms with Crippen LogP contribution in [0.4, 0.5) is 6.01 Å².